The summed E-state index contributed by atoms with van der Waals surface area (Å²) in [7, 11) is 0. The Balaban J connectivity index is 1.69. The van der Waals surface area contributed by atoms with Gasteiger partial charge in [-0.05, 0) is 56.1 Å². The van der Waals surface area contributed by atoms with Gasteiger partial charge in [0.25, 0.3) is 5.91 Å². The largest absolute Gasteiger partial charge is 0.481 e. The normalized spacial score (nSPS) is 21.9. The van der Waals surface area contributed by atoms with Gasteiger partial charge in [-0.25, -0.2) is 0 Å². The third-order valence-electron chi connectivity index (χ3n) is 4.48. The van der Waals surface area contributed by atoms with Crippen molar-refractivity contribution < 1.29 is 14.7 Å². The van der Waals surface area contributed by atoms with Gasteiger partial charge in [-0.2, -0.15) is 0 Å². The van der Waals surface area contributed by atoms with Crippen LogP contribution in [0, 0.1) is 5.92 Å². The van der Waals surface area contributed by atoms with Gasteiger partial charge in [0.2, 0.25) is 0 Å². The number of thiophene rings is 1. The molecule has 4 nitrogen and oxygen atoms in total. The Kier molecular flexibility index (Phi) is 4.29. The molecule has 1 amide bonds. The number of fused-ring (bicyclic) bond motifs is 1. The predicted octanol–water partition coefficient (Wildman–Crippen LogP) is 2.95. The van der Waals surface area contributed by atoms with Crippen molar-refractivity contribution in [3.8, 4) is 0 Å². The highest BCUT2D eigenvalue weighted by Gasteiger charge is 2.27. The number of carbonyl (C=O) groups excluding carboxylic acids is 1. The molecule has 1 atom stereocenters. The maximum absolute atomic E-state index is 12.6. The van der Waals surface area contributed by atoms with Crippen molar-refractivity contribution in [2.24, 2.45) is 5.92 Å². The van der Waals surface area contributed by atoms with Gasteiger partial charge in [-0.1, -0.05) is 0 Å². The fourth-order valence-electron chi connectivity index (χ4n) is 3.41. The summed E-state index contributed by atoms with van der Waals surface area (Å²) in [5, 5.41) is 8.92. The Morgan fingerprint density at radius 3 is 2.86 bits per heavy atom. The Morgan fingerprint density at radius 2 is 2.10 bits per heavy atom. The molecule has 1 aromatic rings. The van der Waals surface area contributed by atoms with E-state index in [1.165, 1.54) is 23.3 Å². The summed E-state index contributed by atoms with van der Waals surface area (Å²) in [4.78, 5) is 27.6. The highest BCUT2D eigenvalue weighted by Crippen LogP contribution is 2.31. The Hall–Kier alpha value is -1.36. The summed E-state index contributed by atoms with van der Waals surface area (Å²) in [5.41, 5.74) is 1.36. The van der Waals surface area contributed by atoms with E-state index in [0.717, 1.165) is 37.1 Å². The van der Waals surface area contributed by atoms with Gasteiger partial charge in [0.15, 0.2) is 0 Å². The van der Waals surface area contributed by atoms with Gasteiger partial charge >= 0.3 is 5.97 Å². The van der Waals surface area contributed by atoms with Crippen LogP contribution in [-0.4, -0.2) is 35.0 Å². The summed E-state index contributed by atoms with van der Waals surface area (Å²) < 4.78 is 0. The van der Waals surface area contributed by atoms with Crippen LogP contribution in [0.1, 0.15) is 52.2 Å². The van der Waals surface area contributed by atoms with Crippen molar-refractivity contribution >= 4 is 23.2 Å². The molecule has 1 fully saturated rings. The number of carboxylic acid groups (broad SMARTS) is 1. The summed E-state index contributed by atoms with van der Waals surface area (Å²) in [6.07, 6.45) is 6.65. The van der Waals surface area contributed by atoms with E-state index >= 15 is 0 Å². The van der Waals surface area contributed by atoms with Crippen LogP contribution in [0.3, 0.4) is 0 Å². The maximum atomic E-state index is 12.6. The number of amides is 1. The zero-order chi connectivity index (χ0) is 14.8. The predicted molar refractivity (Wildman–Crippen MR) is 81.8 cm³/mol. The van der Waals surface area contributed by atoms with Crippen molar-refractivity contribution in [2.75, 3.05) is 13.1 Å². The average molecular weight is 307 g/mol. The minimum absolute atomic E-state index is 0.101. The molecule has 0 saturated carbocycles. The zero-order valence-corrected chi connectivity index (χ0v) is 13.0. The van der Waals surface area contributed by atoms with E-state index in [4.69, 9.17) is 5.11 Å². The molecular formula is C16H21NO3S. The van der Waals surface area contributed by atoms with Crippen LogP contribution in [0.4, 0.5) is 0 Å². The summed E-state index contributed by atoms with van der Waals surface area (Å²) in [5.74, 6) is -0.555. The first-order valence-corrected chi connectivity index (χ1v) is 8.58. The van der Waals surface area contributed by atoms with E-state index < -0.39 is 5.97 Å². The van der Waals surface area contributed by atoms with Gasteiger partial charge in [-0.3, -0.25) is 9.59 Å². The molecule has 5 heteroatoms. The lowest BCUT2D eigenvalue weighted by Gasteiger charge is -2.31. The summed E-state index contributed by atoms with van der Waals surface area (Å²) in [6.45, 7) is 1.35. The Morgan fingerprint density at radius 1 is 1.29 bits per heavy atom. The van der Waals surface area contributed by atoms with Crippen LogP contribution in [0.5, 0.6) is 0 Å². The molecule has 0 spiro atoms. The summed E-state index contributed by atoms with van der Waals surface area (Å²) >= 11 is 1.64. The molecule has 21 heavy (non-hydrogen) atoms. The molecule has 1 saturated heterocycles. The van der Waals surface area contributed by atoms with Crippen LogP contribution in [0.2, 0.25) is 0 Å². The van der Waals surface area contributed by atoms with E-state index in [2.05, 4.69) is 6.07 Å². The van der Waals surface area contributed by atoms with Crippen molar-refractivity contribution in [3.05, 3.63) is 21.4 Å². The van der Waals surface area contributed by atoms with Crippen LogP contribution in [0.25, 0.3) is 0 Å². The highest BCUT2D eigenvalue weighted by atomic mass is 32.1. The molecule has 1 aromatic heterocycles. The fourth-order valence-corrected chi connectivity index (χ4v) is 4.64. The number of carbonyl (C=O) groups is 2. The quantitative estimate of drug-likeness (QED) is 0.934. The van der Waals surface area contributed by atoms with E-state index in [1.807, 2.05) is 4.90 Å². The van der Waals surface area contributed by atoms with Gasteiger partial charge in [0, 0.05) is 24.4 Å². The smallest absolute Gasteiger partial charge is 0.303 e. The first kappa shape index (κ1) is 14.6. The highest BCUT2D eigenvalue weighted by molar-refractivity contribution is 7.14. The molecule has 3 rings (SSSR count). The first-order valence-electron chi connectivity index (χ1n) is 7.76. The fraction of sp³-hybridized carbons (Fsp3) is 0.625. The third-order valence-corrected chi connectivity index (χ3v) is 5.70. The minimum atomic E-state index is -0.763. The summed E-state index contributed by atoms with van der Waals surface area (Å²) in [6, 6.07) is 2.07. The van der Waals surface area contributed by atoms with Gasteiger partial charge in [0.05, 0.1) is 4.88 Å². The number of nitrogens with zero attached hydrogens (tertiary/aromatic N) is 1. The lowest BCUT2D eigenvalue weighted by atomic mass is 9.94. The molecule has 0 bridgehead atoms. The SMILES string of the molecule is O=C(O)CC1CCCN(C(=O)c2cc3c(s2)CCCC3)C1. The van der Waals surface area contributed by atoms with Gasteiger partial charge in [-0.15, -0.1) is 11.3 Å². The molecule has 1 unspecified atom stereocenters. The van der Waals surface area contributed by atoms with Crippen molar-refractivity contribution in [2.45, 2.75) is 44.9 Å². The molecular weight excluding hydrogens is 286 g/mol. The first-order chi connectivity index (χ1) is 10.1. The second kappa shape index (κ2) is 6.18. The number of aryl methyl sites for hydroxylation is 2. The van der Waals surface area contributed by atoms with Gasteiger partial charge < -0.3 is 10.0 Å². The number of hydrogen-bond acceptors (Lipinski definition) is 3. The van der Waals surface area contributed by atoms with E-state index in [1.54, 1.807) is 11.3 Å². The monoisotopic (exact) mass is 307 g/mol. The second-order valence-corrected chi connectivity index (χ2v) is 7.26. The lowest BCUT2D eigenvalue weighted by Crippen LogP contribution is -2.40. The molecule has 1 aliphatic carbocycles. The number of aliphatic carboxylic acids is 1. The topological polar surface area (TPSA) is 57.6 Å². The molecule has 1 aliphatic heterocycles. The van der Waals surface area contributed by atoms with E-state index in [-0.39, 0.29) is 18.2 Å². The van der Waals surface area contributed by atoms with Crippen LogP contribution in [0.15, 0.2) is 6.07 Å². The number of rotatable bonds is 3. The van der Waals surface area contributed by atoms with Crippen LogP contribution >= 0.6 is 11.3 Å². The number of piperidine rings is 1. The number of hydrogen-bond donors (Lipinski definition) is 1. The minimum Gasteiger partial charge on any atom is -0.481 e. The maximum Gasteiger partial charge on any atom is 0.303 e. The lowest BCUT2D eigenvalue weighted by molar-refractivity contribution is -0.138. The number of carboxylic acids is 1. The standard InChI is InChI=1S/C16H21NO3S/c18-15(19)8-11-4-3-7-17(10-11)16(20)14-9-12-5-1-2-6-13(12)21-14/h9,11H,1-8,10H2,(H,18,19). The van der Waals surface area contributed by atoms with Crippen molar-refractivity contribution in [3.63, 3.8) is 0 Å². The van der Waals surface area contributed by atoms with E-state index in [9.17, 15) is 9.59 Å². The Labute approximate surface area is 128 Å². The molecule has 1 N–H and O–H groups in total. The van der Waals surface area contributed by atoms with Crippen LogP contribution < -0.4 is 0 Å². The van der Waals surface area contributed by atoms with Crippen molar-refractivity contribution in [1.29, 1.82) is 0 Å². The van der Waals surface area contributed by atoms with E-state index in [0.29, 0.717) is 6.54 Å². The molecule has 2 heterocycles. The molecule has 114 valence electrons. The van der Waals surface area contributed by atoms with Crippen LogP contribution in [-0.2, 0) is 17.6 Å². The van der Waals surface area contributed by atoms with Gasteiger partial charge in [0.1, 0.15) is 0 Å². The zero-order valence-electron chi connectivity index (χ0n) is 12.1. The Bertz CT molecular complexity index is 528. The number of likely N-dealkylation sites (tertiary alicyclic amines) is 1. The molecule has 0 aromatic carbocycles. The molecule has 0 radical (unpaired) electrons. The average Bonchev–Trinajstić information content (AvgIpc) is 2.90. The van der Waals surface area contributed by atoms with Crippen molar-refractivity contribution in [1.82, 2.24) is 4.90 Å². The molecule has 2 aliphatic rings. The second-order valence-electron chi connectivity index (χ2n) is 6.12. The third kappa shape index (κ3) is 3.28.